The summed E-state index contributed by atoms with van der Waals surface area (Å²) in [4.78, 5) is 0.148. The molecule has 0 saturated carbocycles. The SMILES string of the molecule is CC(C)CC(CO)N(C/C=C/c1cccc(Cl)c1)S(=O)(=O)c1ccc(Cl)cc1. The number of hydrogen-bond acceptors (Lipinski definition) is 3. The number of aliphatic hydroxyl groups excluding tert-OH is 1. The summed E-state index contributed by atoms with van der Waals surface area (Å²) in [6.07, 6.45) is 4.14. The molecule has 0 amide bonds. The number of aliphatic hydroxyl groups is 1. The summed E-state index contributed by atoms with van der Waals surface area (Å²) in [6.45, 7) is 3.88. The molecule has 0 fully saturated rings. The molecule has 2 aromatic rings. The Bertz CT molecular complexity index is 896. The first kappa shape index (κ1) is 22.9. The van der Waals surface area contributed by atoms with E-state index in [1.54, 1.807) is 30.3 Å². The van der Waals surface area contributed by atoms with Gasteiger partial charge in [-0.25, -0.2) is 8.42 Å². The van der Waals surface area contributed by atoms with Crippen LogP contribution in [0.1, 0.15) is 25.8 Å². The van der Waals surface area contributed by atoms with Crippen molar-refractivity contribution in [2.24, 2.45) is 5.92 Å². The van der Waals surface area contributed by atoms with Crippen molar-refractivity contribution in [2.75, 3.05) is 13.2 Å². The van der Waals surface area contributed by atoms with Crippen LogP contribution < -0.4 is 0 Å². The van der Waals surface area contributed by atoms with E-state index < -0.39 is 16.1 Å². The molecule has 152 valence electrons. The molecule has 0 heterocycles. The van der Waals surface area contributed by atoms with Gasteiger partial charge in [-0.15, -0.1) is 0 Å². The van der Waals surface area contributed by atoms with Crippen molar-refractivity contribution < 1.29 is 13.5 Å². The molecule has 1 atom stereocenters. The standard InChI is InChI=1S/C21H25Cl2NO3S/c1-16(2)13-20(15-25)24(12-4-6-17-5-3-7-19(23)14-17)28(26,27)21-10-8-18(22)9-11-21/h3-11,14,16,20,25H,12-13,15H2,1-2H3/b6-4+. The second-order valence-electron chi connectivity index (χ2n) is 6.95. The maximum Gasteiger partial charge on any atom is 0.243 e. The van der Waals surface area contributed by atoms with Crippen LogP contribution in [0.25, 0.3) is 6.08 Å². The highest BCUT2D eigenvalue weighted by Gasteiger charge is 2.30. The van der Waals surface area contributed by atoms with E-state index in [-0.39, 0.29) is 24.0 Å². The van der Waals surface area contributed by atoms with Crippen LogP contribution in [-0.4, -0.2) is 37.0 Å². The highest BCUT2D eigenvalue weighted by atomic mass is 35.5. The quantitative estimate of drug-likeness (QED) is 0.588. The minimum absolute atomic E-state index is 0.134. The van der Waals surface area contributed by atoms with Crippen molar-refractivity contribution in [3.8, 4) is 0 Å². The van der Waals surface area contributed by atoms with E-state index in [0.29, 0.717) is 16.5 Å². The first-order valence-electron chi connectivity index (χ1n) is 9.04. The van der Waals surface area contributed by atoms with E-state index in [1.165, 1.54) is 16.4 Å². The van der Waals surface area contributed by atoms with Crippen molar-refractivity contribution in [3.05, 3.63) is 70.2 Å². The third-order valence-electron chi connectivity index (χ3n) is 4.23. The fourth-order valence-corrected chi connectivity index (χ4v) is 4.82. The lowest BCUT2D eigenvalue weighted by molar-refractivity contribution is 0.175. The monoisotopic (exact) mass is 441 g/mol. The lowest BCUT2D eigenvalue weighted by Gasteiger charge is -2.30. The molecule has 7 heteroatoms. The molecule has 1 unspecified atom stereocenters. The normalized spacial score (nSPS) is 13.5. The first-order valence-corrected chi connectivity index (χ1v) is 11.2. The molecule has 2 rings (SSSR count). The minimum Gasteiger partial charge on any atom is -0.395 e. The summed E-state index contributed by atoms with van der Waals surface area (Å²) in [5.41, 5.74) is 0.876. The molecule has 0 spiro atoms. The van der Waals surface area contributed by atoms with Gasteiger partial charge in [-0.1, -0.05) is 61.3 Å². The Morgan fingerprint density at radius 2 is 1.75 bits per heavy atom. The summed E-state index contributed by atoms with van der Waals surface area (Å²) in [5.74, 6) is 0.233. The second-order valence-corrected chi connectivity index (χ2v) is 9.72. The number of halogens is 2. The predicted molar refractivity (Wildman–Crippen MR) is 116 cm³/mol. The van der Waals surface area contributed by atoms with E-state index in [2.05, 4.69) is 0 Å². The number of hydrogen-bond donors (Lipinski definition) is 1. The summed E-state index contributed by atoms with van der Waals surface area (Å²) >= 11 is 11.9. The van der Waals surface area contributed by atoms with Gasteiger partial charge in [0.1, 0.15) is 0 Å². The van der Waals surface area contributed by atoms with E-state index in [1.807, 2.05) is 32.1 Å². The molecule has 0 aliphatic carbocycles. The average molecular weight is 442 g/mol. The molecule has 2 aromatic carbocycles. The zero-order valence-electron chi connectivity index (χ0n) is 15.9. The average Bonchev–Trinajstić information content (AvgIpc) is 2.64. The topological polar surface area (TPSA) is 57.6 Å². The van der Waals surface area contributed by atoms with Crippen molar-refractivity contribution in [3.63, 3.8) is 0 Å². The summed E-state index contributed by atoms with van der Waals surface area (Å²) in [5, 5.41) is 11.0. The van der Waals surface area contributed by atoms with Gasteiger partial charge in [0.25, 0.3) is 0 Å². The fourth-order valence-electron chi connectivity index (χ4n) is 2.92. The van der Waals surface area contributed by atoms with Crippen molar-refractivity contribution >= 4 is 39.3 Å². The summed E-state index contributed by atoms with van der Waals surface area (Å²) in [6, 6.07) is 12.8. The van der Waals surface area contributed by atoms with Crippen molar-refractivity contribution in [1.82, 2.24) is 4.31 Å². The molecule has 4 nitrogen and oxygen atoms in total. The Morgan fingerprint density at radius 1 is 1.07 bits per heavy atom. The molecule has 0 aromatic heterocycles. The van der Waals surface area contributed by atoms with E-state index in [0.717, 1.165) is 5.56 Å². The highest BCUT2D eigenvalue weighted by Crippen LogP contribution is 2.23. The molecule has 0 bridgehead atoms. The zero-order chi connectivity index (χ0) is 20.7. The van der Waals surface area contributed by atoms with Gasteiger partial charge in [0, 0.05) is 22.6 Å². The lowest BCUT2D eigenvalue weighted by Crippen LogP contribution is -2.43. The first-order chi connectivity index (χ1) is 13.2. The van der Waals surface area contributed by atoms with Gasteiger partial charge >= 0.3 is 0 Å². The van der Waals surface area contributed by atoms with Crippen LogP contribution in [0, 0.1) is 5.92 Å². The van der Waals surface area contributed by atoms with Gasteiger partial charge < -0.3 is 5.11 Å². The molecule has 0 saturated heterocycles. The fraction of sp³-hybridized carbons (Fsp3) is 0.333. The number of benzene rings is 2. The molecule has 0 aliphatic heterocycles. The predicted octanol–water partition coefficient (Wildman–Crippen LogP) is 5.10. The number of rotatable bonds is 9. The van der Waals surface area contributed by atoms with Crippen LogP contribution in [0.4, 0.5) is 0 Å². The maximum absolute atomic E-state index is 13.2. The second kappa shape index (κ2) is 10.4. The Hall–Kier alpha value is -1.37. The minimum atomic E-state index is -3.80. The molecular weight excluding hydrogens is 417 g/mol. The Kier molecular flexibility index (Phi) is 8.53. The summed E-state index contributed by atoms with van der Waals surface area (Å²) < 4.78 is 27.8. The Balaban J connectivity index is 2.34. The number of nitrogens with zero attached hydrogens (tertiary/aromatic N) is 1. The zero-order valence-corrected chi connectivity index (χ0v) is 18.3. The van der Waals surface area contributed by atoms with Crippen LogP contribution >= 0.6 is 23.2 Å². The number of sulfonamides is 1. The highest BCUT2D eigenvalue weighted by molar-refractivity contribution is 7.89. The Labute approximate surface area is 177 Å². The lowest BCUT2D eigenvalue weighted by atomic mass is 10.0. The van der Waals surface area contributed by atoms with Crippen molar-refractivity contribution in [2.45, 2.75) is 31.2 Å². The molecule has 0 radical (unpaired) electrons. The van der Waals surface area contributed by atoms with E-state index in [4.69, 9.17) is 23.2 Å². The van der Waals surface area contributed by atoms with Crippen LogP contribution in [0.15, 0.2) is 59.5 Å². The summed E-state index contributed by atoms with van der Waals surface area (Å²) in [7, 11) is -3.80. The van der Waals surface area contributed by atoms with Gasteiger partial charge in [-0.05, 0) is 54.3 Å². The van der Waals surface area contributed by atoms with Gasteiger partial charge in [-0.2, -0.15) is 4.31 Å². The van der Waals surface area contributed by atoms with Gasteiger partial charge in [0.2, 0.25) is 10.0 Å². The maximum atomic E-state index is 13.2. The van der Waals surface area contributed by atoms with E-state index >= 15 is 0 Å². The molecule has 28 heavy (non-hydrogen) atoms. The van der Waals surface area contributed by atoms with E-state index in [9.17, 15) is 13.5 Å². The Morgan fingerprint density at radius 3 is 2.32 bits per heavy atom. The van der Waals surface area contributed by atoms with Crippen molar-refractivity contribution in [1.29, 1.82) is 0 Å². The largest absolute Gasteiger partial charge is 0.395 e. The van der Waals surface area contributed by atoms with Crippen LogP contribution in [-0.2, 0) is 10.0 Å². The van der Waals surface area contributed by atoms with Crippen LogP contribution in [0.5, 0.6) is 0 Å². The van der Waals surface area contributed by atoms with Crippen LogP contribution in [0.2, 0.25) is 10.0 Å². The van der Waals surface area contributed by atoms with Gasteiger partial charge in [0.05, 0.1) is 11.5 Å². The third-order valence-corrected chi connectivity index (χ3v) is 6.65. The van der Waals surface area contributed by atoms with Gasteiger partial charge in [0.15, 0.2) is 0 Å². The smallest absolute Gasteiger partial charge is 0.243 e. The third kappa shape index (κ3) is 6.33. The van der Waals surface area contributed by atoms with Gasteiger partial charge in [-0.3, -0.25) is 0 Å². The molecule has 0 aliphatic rings. The van der Waals surface area contributed by atoms with Crippen LogP contribution in [0.3, 0.4) is 0 Å². The molecule has 1 N–H and O–H groups in total. The molecular formula is C21H25Cl2NO3S.